The van der Waals surface area contributed by atoms with E-state index in [0.29, 0.717) is 22.8 Å². The molecule has 2 aliphatic rings. The highest BCUT2D eigenvalue weighted by molar-refractivity contribution is 7.89. The second-order valence-corrected chi connectivity index (χ2v) is 12.9. The van der Waals surface area contributed by atoms with Gasteiger partial charge < -0.3 is 15.0 Å². The Kier molecular flexibility index (Phi) is 7.73. The van der Waals surface area contributed by atoms with Crippen molar-refractivity contribution in [1.82, 2.24) is 19.2 Å². The van der Waals surface area contributed by atoms with E-state index >= 15 is 0 Å². The summed E-state index contributed by atoms with van der Waals surface area (Å²) in [4.78, 5) is 33.5. The number of amides is 1. The van der Waals surface area contributed by atoms with Crippen LogP contribution in [0, 0.1) is 6.92 Å². The third-order valence-corrected chi connectivity index (χ3v) is 10.6. The number of sulfonamides is 1. The third-order valence-electron chi connectivity index (χ3n) is 7.35. The number of nitrogens with zero attached hydrogens (tertiary/aromatic N) is 4. The molecule has 0 atom stereocenters. The maximum atomic E-state index is 13.8. The van der Waals surface area contributed by atoms with Gasteiger partial charge in [0.25, 0.3) is 5.56 Å². The summed E-state index contributed by atoms with van der Waals surface area (Å²) in [7, 11) is -2.34. The fraction of sp³-hybridized carbons (Fsp3) is 0.500. The molecule has 0 unspecified atom stereocenters. The van der Waals surface area contributed by atoms with Crippen LogP contribution >= 0.6 is 11.3 Å². The molecular weight excluding hydrogens is 526 g/mol. The van der Waals surface area contributed by atoms with E-state index in [1.807, 2.05) is 24.3 Å². The van der Waals surface area contributed by atoms with Crippen LogP contribution in [0.2, 0.25) is 0 Å². The second-order valence-electron chi connectivity index (χ2n) is 9.81. The van der Waals surface area contributed by atoms with Gasteiger partial charge in [-0.2, -0.15) is 4.31 Å². The molecule has 1 aromatic carbocycles. The summed E-state index contributed by atoms with van der Waals surface area (Å²) in [6.07, 6.45) is 6.56. The number of hydrogen-bond donors (Lipinski definition) is 1. The molecule has 1 aliphatic carbocycles. The van der Waals surface area contributed by atoms with Crippen LogP contribution in [0.25, 0.3) is 10.2 Å². The molecule has 12 heteroatoms. The van der Waals surface area contributed by atoms with E-state index in [9.17, 15) is 18.0 Å². The topological polar surface area (TPSA) is 114 Å². The molecule has 3 heterocycles. The summed E-state index contributed by atoms with van der Waals surface area (Å²) < 4.78 is 35.8. The van der Waals surface area contributed by atoms with Gasteiger partial charge in [0.15, 0.2) is 0 Å². The average molecular weight is 560 g/mol. The molecule has 204 valence electrons. The van der Waals surface area contributed by atoms with Gasteiger partial charge in [0.05, 0.1) is 24.5 Å². The Balaban J connectivity index is 1.38. The molecule has 0 spiro atoms. The van der Waals surface area contributed by atoms with Crippen molar-refractivity contribution in [2.75, 3.05) is 38.2 Å². The Labute approximate surface area is 226 Å². The Bertz CT molecular complexity index is 1490. The predicted molar refractivity (Wildman–Crippen MR) is 148 cm³/mol. The van der Waals surface area contributed by atoms with Gasteiger partial charge in [-0.05, 0) is 31.9 Å². The van der Waals surface area contributed by atoms with Crippen molar-refractivity contribution in [3.8, 4) is 5.75 Å². The van der Waals surface area contributed by atoms with Crippen LogP contribution in [-0.4, -0.2) is 67.5 Å². The highest BCUT2D eigenvalue weighted by atomic mass is 32.2. The first-order chi connectivity index (χ1) is 18.3. The predicted octanol–water partition coefficient (Wildman–Crippen LogP) is 2.73. The van der Waals surface area contributed by atoms with Crippen LogP contribution in [-0.2, 0) is 21.4 Å². The highest BCUT2D eigenvalue weighted by Crippen LogP contribution is 2.34. The molecule has 2 aromatic heterocycles. The molecule has 1 saturated heterocycles. The van der Waals surface area contributed by atoms with Gasteiger partial charge in [0.1, 0.15) is 22.0 Å². The number of thiophene rings is 1. The highest BCUT2D eigenvalue weighted by Gasteiger charge is 2.34. The van der Waals surface area contributed by atoms with Crippen molar-refractivity contribution in [2.24, 2.45) is 0 Å². The molecule has 1 amide bonds. The monoisotopic (exact) mass is 559 g/mol. The number of benzene rings is 1. The summed E-state index contributed by atoms with van der Waals surface area (Å²) in [6.45, 7) is 3.04. The first-order valence-corrected chi connectivity index (χ1v) is 15.2. The first-order valence-electron chi connectivity index (χ1n) is 13.0. The molecule has 10 nitrogen and oxygen atoms in total. The summed E-state index contributed by atoms with van der Waals surface area (Å²) in [5.41, 5.74) is 0.409. The minimum Gasteiger partial charge on any atom is -0.495 e. The molecule has 1 saturated carbocycles. The lowest BCUT2D eigenvalue weighted by molar-refractivity contribution is -0.122. The van der Waals surface area contributed by atoms with Crippen LogP contribution in [0.4, 0.5) is 5.69 Å². The fourth-order valence-electron chi connectivity index (χ4n) is 5.40. The maximum Gasteiger partial charge on any atom is 0.263 e. The van der Waals surface area contributed by atoms with Gasteiger partial charge in [0.2, 0.25) is 15.9 Å². The van der Waals surface area contributed by atoms with Crippen molar-refractivity contribution >= 4 is 43.2 Å². The fourth-order valence-corrected chi connectivity index (χ4v) is 8.49. The number of aryl methyl sites for hydroxylation is 1. The van der Waals surface area contributed by atoms with Crippen molar-refractivity contribution in [2.45, 2.75) is 56.5 Å². The van der Waals surface area contributed by atoms with Crippen molar-refractivity contribution in [3.05, 3.63) is 45.8 Å². The normalized spacial score (nSPS) is 17.6. The lowest BCUT2D eigenvalue weighted by Gasteiger charge is -2.35. The van der Waals surface area contributed by atoms with Gasteiger partial charge in [-0.3, -0.25) is 14.2 Å². The van der Waals surface area contributed by atoms with Crippen LogP contribution in [0.1, 0.15) is 37.0 Å². The zero-order valence-electron chi connectivity index (χ0n) is 21.7. The lowest BCUT2D eigenvalue weighted by Crippen LogP contribution is -2.49. The number of anilines is 1. The minimum atomic E-state index is -3.96. The van der Waals surface area contributed by atoms with Gasteiger partial charge in [0, 0.05) is 37.1 Å². The van der Waals surface area contributed by atoms with Crippen LogP contribution < -0.4 is 20.5 Å². The van der Waals surface area contributed by atoms with Gasteiger partial charge in [-0.25, -0.2) is 13.4 Å². The smallest absolute Gasteiger partial charge is 0.263 e. The number of carbonyl (C=O) groups is 1. The zero-order valence-corrected chi connectivity index (χ0v) is 23.3. The van der Waals surface area contributed by atoms with E-state index in [1.165, 1.54) is 33.0 Å². The number of carbonyl (C=O) groups excluding carboxylic acids is 1. The number of piperazine rings is 1. The number of nitrogens with one attached hydrogen (secondary N) is 1. The zero-order chi connectivity index (χ0) is 26.9. The molecule has 0 radical (unpaired) electrons. The van der Waals surface area contributed by atoms with Crippen molar-refractivity contribution in [1.29, 1.82) is 0 Å². The van der Waals surface area contributed by atoms with E-state index < -0.39 is 15.6 Å². The van der Waals surface area contributed by atoms with E-state index in [4.69, 9.17) is 4.74 Å². The number of fused-ring (bicyclic) bond motifs is 1. The summed E-state index contributed by atoms with van der Waals surface area (Å²) >= 11 is 1.18. The minimum absolute atomic E-state index is 0.00257. The largest absolute Gasteiger partial charge is 0.495 e. The van der Waals surface area contributed by atoms with Crippen LogP contribution in [0.3, 0.4) is 0 Å². The third kappa shape index (κ3) is 5.16. The Morgan fingerprint density at radius 3 is 2.55 bits per heavy atom. The Hall–Kier alpha value is -2.96. The van der Waals surface area contributed by atoms with Crippen molar-refractivity contribution < 1.29 is 17.9 Å². The van der Waals surface area contributed by atoms with Crippen molar-refractivity contribution in [3.63, 3.8) is 0 Å². The number of para-hydroxylation sites is 2. The molecule has 0 bridgehead atoms. The maximum absolute atomic E-state index is 13.8. The van der Waals surface area contributed by atoms with E-state index in [2.05, 4.69) is 15.2 Å². The van der Waals surface area contributed by atoms with Crippen LogP contribution in [0.5, 0.6) is 5.75 Å². The van der Waals surface area contributed by atoms with Crippen LogP contribution in [0.15, 0.2) is 40.3 Å². The van der Waals surface area contributed by atoms with E-state index in [1.54, 1.807) is 14.0 Å². The number of rotatable bonds is 7. The standard InChI is InChI=1S/C26H33N5O5S2/c1-18-24(38(34,35)31-14-12-29(13-15-31)20-10-6-7-11-21(20)36-2)23-25(37-18)27-17-30(26(23)33)16-22(32)28-19-8-4-3-5-9-19/h6-7,10-11,17,19H,3-5,8-9,12-16H2,1-2H3,(H,28,32). The second kappa shape index (κ2) is 11.0. The molecule has 1 aliphatic heterocycles. The molecular formula is C26H33N5O5S2. The van der Waals surface area contributed by atoms with Gasteiger partial charge in [-0.15, -0.1) is 11.3 Å². The number of hydrogen-bond acceptors (Lipinski definition) is 8. The molecule has 3 aromatic rings. The SMILES string of the molecule is COc1ccccc1N1CCN(S(=O)(=O)c2c(C)sc3ncn(CC(=O)NC4CCCCC4)c(=O)c23)CC1. The Morgan fingerprint density at radius 2 is 1.84 bits per heavy atom. The molecule has 1 N–H and O–H groups in total. The Morgan fingerprint density at radius 1 is 1.13 bits per heavy atom. The molecule has 5 rings (SSSR count). The lowest BCUT2D eigenvalue weighted by atomic mass is 9.95. The summed E-state index contributed by atoms with van der Waals surface area (Å²) in [5.74, 6) is 0.478. The number of aromatic nitrogens is 2. The molecule has 38 heavy (non-hydrogen) atoms. The first kappa shape index (κ1) is 26.6. The average Bonchev–Trinajstić information content (AvgIpc) is 3.28. The summed E-state index contributed by atoms with van der Waals surface area (Å²) in [5, 5.41) is 3.07. The molecule has 2 fully saturated rings. The number of methoxy groups -OCH3 is 1. The quantitative estimate of drug-likeness (QED) is 0.474. The van der Waals surface area contributed by atoms with Gasteiger partial charge >= 0.3 is 0 Å². The summed E-state index contributed by atoms with van der Waals surface area (Å²) in [6, 6.07) is 7.78. The van der Waals surface area contributed by atoms with E-state index in [-0.39, 0.29) is 41.9 Å². The van der Waals surface area contributed by atoms with E-state index in [0.717, 1.165) is 37.1 Å². The number of ether oxygens (including phenoxy) is 1. The van der Waals surface area contributed by atoms with Gasteiger partial charge in [-0.1, -0.05) is 31.4 Å².